The molecule has 4 fully saturated rings. The summed E-state index contributed by atoms with van der Waals surface area (Å²) in [6.45, 7) is 9.77. The lowest BCUT2D eigenvalue weighted by molar-refractivity contribution is -0.0728. The van der Waals surface area contributed by atoms with Crippen LogP contribution in [0.4, 0.5) is 0 Å². The summed E-state index contributed by atoms with van der Waals surface area (Å²) in [5.74, 6) is 7.84. The first-order chi connectivity index (χ1) is 14.0. The third-order valence-electron chi connectivity index (χ3n) is 10.3. The Kier molecular flexibility index (Phi) is 5.28. The van der Waals surface area contributed by atoms with E-state index in [2.05, 4.69) is 32.7 Å². The normalized spacial score (nSPS) is 45.2. The first-order valence-corrected chi connectivity index (χ1v) is 12.7. The molecule has 4 saturated carbocycles. The minimum atomic E-state index is 0.576. The van der Waals surface area contributed by atoms with E-state index in [1.54, 1.807) is 19.3 Å². The number of fused-ring (bicyclic) bond motifs is 5. The Bertz CT molecular complexity index is 729. The number of aryl methyl sites for hydroxylation is 1. The molecule has 1 aromatic rings. The Morgan fingerprint density at radius 2 is 1.83 bits per heavy atom. The second-order valence-corrected chi connectivity index (χ2v) is 11.9. The van der Waals surface area contributed by atoms with Gasteiger partial charge in [-0.1, -0.05) is 27.2 Å². The molecule has 1 heterocycles. The molecule has 0 N–H and O–H groups in total. The maximum Gasteiger partial charge on any atom is 0.0592 e. The van der Waals surface area contributed by atoms with Gasteiger partial charge in [0.15, 0.2) is 0 Å². The summed E-state index contributed by atoms with van der Waals surface area (Å²) in [4.78, 5) is 9.16. The van der Waals surface area contributed by atoms with Crippen LogP contribution in [0.3, 0.4) is 0 Å². The van der Waals surface area contributed by atoms with E-state index in [0.717, 1.165) is 59.5 Å². The molecule has 29 heavy (non-hydrogen) atoms. The molecular formula is C27H42N2. The fourth-order valence-electron chi connectivity index (χ4n) is 9.15. The molecular weight excluding hydrogens is 352 g/mol. The third-order valence-corrected chi connectivity index (χ3v) is 10.3. The van der Waals surface area contributed by atoms with Crippen molar-refractivity contribution in [1.82, 2.24) is 9.97 Å². The van der Waals surface area contributed by atoms with Gasteiger partial charge in [-0.15, -0.1) is 0 Å². The zero-order valence-electron chi connectivity index (χ0n) is 19.2. The molecule has 0 radical (unpaired) electrons. The van der Waals surface area contributed by atoms with Gasteiger partial charge in [0.05, 0.1) is 11.4 Å². The van der Waals surface area contributed by atoms with Crippen molar-refractivity contribution in [2.45, 2.75) is 91.9 Å². The molecule has 2 heteroatoms. The van der Waals surface area contributed by atoms with Gasteiger partial charge in [-0.2, -0.15) is 0 Å². The Hall–Kier alpha value is -0.920. The monoisotopic (exact) mass is 394 g/mol. The van der Waals surface area contributed by atoms with Gasteiger partial charge in [-0.05, 0) is 117 Å². The average Bonchev–Trinajstić information content (AvgIpc) is 3.05. The van der Waals surface area contributed by atoms with Crippen molar-refractivity contribution < 1.29 is 0 Å². The van der Waals surface area contributed by atoms with E-state index < -0.39 is 0 Å². The largest absolute Gasteiger partial charge is 0.261 e. The van der Waals surface area contributed by atoms with E-state index in [4.69, 9.17) is 4.98 Å². The van der Waals surface area contributed by atoms with Crippen molar-refractivity contribution in [3.8, 4) is 0 Å². The third kappa shape index (κ3) is 3.47. The molecule has 4 aliphatic rings. The van der Waals surface area contributed by atoms with Crippen LogP contribution < -0.4 is 0 Å². The van der Waals surface area contributed by atoms with E-state index >= 15 is 0 Å². The van der Waals surface area contributed by atoms with Crippen molar-refractivity contribution in [2.24, 2.45) is 52.8 Å². The van der Waals surface area contributed by atoms with Gasteiger partial charge in [0, 0.05) is 12.4 Å². The standard InChI is InChI=1S/C27H42N2/c1-17-5-7-22-20(13-17)6-8-24-23(22)11-12-27(4)25(9-10-26(24)27)18(2)14-21-16-28-15-19(3)29-21/h15-18,20,22-26H,5-14H2,1-4H3/t17-,18+,20+,22-,23?,24+,25?,26?,27+/m0/s1. The zero-order valence-corrected chi connectivity index (χ0v) is 19.2. The molecule has 1 aromatic heterocycles. The summed E-state index contributed by atoms with van der Waals surface area (Å²) in [6.07, 6.45) is 18.6. The zero-order chi connectivity index (χ0) is 20.2. The van der Waals surface area contributed by atoms with Gasteiger partial charge in [0.1, 0.15) is 0 Å². The van der Waals surface area contributed by atoms with Crippen LogP contribution in [0.2, 0.25) is 0 Å². The van der Waals surface area contributed by atoms with Crippen LogP contribution >= 0.6 is 0 Å². The lowest BCUT2D eigenvalue weighted by Crippen LogP contribution is -2.49. The van der Waals surface area contributed by atoms with E-state index in [9.17, 15) is 0 Å². The van der Waals surface area contributed by atoms with E-state index in [-0.39, 0.29) is 0 Å². The lowest BCUT2D eigenvalue weighted by Gasteiger charge is -2.56. The fourth-order valence-corrected chi connectivity index (χ4v) is 9.15. The van der Waals surface area contributed by atoms with E-state index in [1.807, 2.05) is 12.4 Å². The molecule has 2 nitrogen and oxygen atoms in total. The number of hydrogen-bond donors (Lipinski definition) is 0. The number of aromatic nitrogens is 2. The molecule has 0 aromatic carbocycles. The van der Waals surface area contributed by atoms with Crippen LogP contribution in [-0.4, -0.2) is 9.97 Å². The van der Waals surface area contributed by atoms with Crippen molar-refractivity contribution >= 4 is 0 Å². The van der Waals surface area contributed by atoms with Crippen LogP contribution in [0.5, 0.6) is 0 Å². The van der Waals surface area contributed by atoms with Crippen LogP contribution in [0, 0.1) is 59.7 Å². The van der Waals surface area contributed by atoms with Crippen LogP contribution in [0.25, 0.3) is 0 Å². The molecule has 160 valence electrons. The highest BCUT2D eigenvalue weighted by Crippen LogP contribution is 2.65. The predicted octanol–water partition coefficient (Wildman–Crippen LogP) is 6.87. The predicted molar refractivity (Wildman–Crippen MR) is 119 cm³/mol. The Morgan fingerprint density at radius 3 is 2.66 bits per heavy atom. The molecule has 9 atom stereocenters. The second kappa shape index (κ2) is 7.65. The van der Waals surface area contributed by atoms with Crippen LogP contribution in [-0.2, 0) is 6.42 Å². The lowest BCUT2D eigenvalue weighted by atomic mass is 9.48. The van der Waals surface area contributed by atoms with Gasteiger partial charge < -0.3 is 0 Å². The minimum Gasteiger partial charge on any atom is -0.261 e. The van der Waals surface area contributed by atoms with Gasteiger partial charge in [-0.3, -0.25) is 9.97 Å². The summed E-state index contributed by atoms with van der Waals surface area (Å²) >= 11 is 0. The summed E-state index contributed by atoms with van der Waals surface area (Å²) in [5, 5.41) is 0. The highest BCUT2D eigenvalue weighted by atomic mass is 14.8. The van der Waals surface area contributed by atoms with Gasteiger partial charge in [0.2, 0.25) is 0 Å². The smallest absolute Gasteiger partial charge is 0.0592 e. The number of nitrogens with zero attached hydrogens (tertiary/aromatic N) is 2. The molecule has 5 rings (SSSR count). The molecule has 0 saturated heterocycles. The quantitative estimate of drug-likeness (QED) is 0.559. The van der Waals surface area contributed by atoms with Crippen molar-refractivity contribution in [3.05, 3.63) is 23.8 Å². The fraction of sp³-hybridized carbons (Fsp3) is 0.852. The summed E-state index contributed by atoms with van der Waals surface area (Å²) in [7, 11) is 0. The Labute approximate surface area is 178 Å². The first-order valence-electron chi connectivity index (χ1n) is 12.7. The van der Waals surface area contributed by atoms with Crippen molar-refractivity contribution in [2.75, 3.05) is 0 Å². The van der Waals surface area contributed by atoms with Gasteiger partial charge >= 0.3 is 0 Å². The second-order valence-electron chi connectivity index (χ2n) is 11.9. The topological polar surface area (TPSA) is 25.8 Å². The Morgan fingerprint density at radius 1 is 1.00 bits per heavy atom. The molecule has 0 spiro atoms. The number of hydrogen-bond acceptors (Lipinski definition) is 2. The molecule has 0 bridgehead atoms. The molecule has 0 aliphatic heterocycles. The van der Waals surface area contributed by atoms with E-state index in [1.165, 1.54) is 44.2 Å². The van der Waals surface area contributed by atoms with Crippen LogP contribution in [0.15, 0.2) is 12.4 Å². The van der Waals surface area contributed by atoms with Crippen molar-refractivity contribution in [1.29, 1.82) is 0 Å². The summed E-state index contributed by atoms with van der Waals surface area (Å²) in [6, 6.07) is 0. The van der Waals surface area contributed by atoms with E-state index in [0.29, 0.717) is 5.41 Å². The first kappa shape index (κ1) is 20.0. The average molecular weight is 395 g/mol. The molecule has 0 amide bonds. The van der Waals surface area contributed by atoms with Crippen molar-refractivity contribution in [3.63, 3.8) is 0 Å². The SMILES string of the molecule is Cc1cncc(C[C@@H](C)C2CCC3[C@@H]4CC[C@@H]5C[C@@H](C)CC[C@@H]5C4CC[C@@]32C)n1. The number of rotatable bonds is 3. The van der Waals surface area contributed by atoms with Gasteiger partial charge in [0.25, 0.3) is 0 Å². The van der Waals surface area contributed by atoms with Gasteiger partial charge in [-0.25, -0.2) is 0 Å². The highest BCUT2D eigenvalue weighted by molar-refractivity contribution is 5.09. The Balaban J connectivity index is 1.31. The minimum absolute atomic E-state index is 0.576. The maximum absolute atomic E-state index is 4.77. The molecule has 3 unspecified atom stereocenters. The summed E-state index contributed by atoms with van der Waals surface area (Å²) in [5.41, 5.74) is 2.84. The highest BCUT2D eigenvalue weighted by Gasteiger charge is 2.57. The van der Waals surface area contributed by atoms with Crippen LogP contribution in [0.1, 0.15) is 89.9 Å². The molecule has 4 aliphatic carbocycles. The maximum atomic E-state index is 4.77. The summed E-state index contributed by atoms with van der Waals surface area (Å²) < 4.78 is 0.